The number of ether oxygens (including phenoxy) is 1. The molecule has 0 aromatic rings. The fraction of sp³-hybridized carbons (Fsp3) is 0.944. The molecular formula is C18H37NO. The van der Waals surface area contributed by atoms with Gasteiger partial charge < -0.3 is 4.74 Å². The van der Waals surface area contributed by atoms with E-state index in [0.29, 0.717) is 6.10 Å². The highest BCUT2D eigenvalue weighted by atomic mass is 16.5. The molecule has 1 rings (SSSR count). The zero-order chi connectivity index (χ0) is 15.8. The van der Waals surface area contributed by atoms with Gasteiger partial charge >= 0.3 is 0 Å². The summed E-state index contributed by atoms with van der Waals surface area (Å²) in [5.41, 5.74) is 0. The molecule has 1 fully saturated rings. The van der Waals surface area contributed by atoms with Crippen LogP contribution in [0.1, 0.15) is 86.0 Å². The largest absolute Gasteiger partial charge is 0.381 e. The molecule has 0 amide bonds. The van der Waals surface area contributed by atoms with E-state index >= 15 is 0 Å². The van der Waals surface area contributed by atoms with Crippen molar-refractivity contribution in [2.45, 2.75) is 92.1 Å². The third-order valence-corrected chi connectivity index (χ3v) is 4.04. The van der Waals surface area contributed by atoms with Gasteiger partial charge in [-0.25, -0.2) is 0 Å². The number of rotatable bonds is 6. The fourth-order valence-electron chi connectivity index (χ4n) is 3.15. The summed E-state index contributed by atoms with van der Waals surface area (Å²) in [6.45, 7) is 10.1. The molecule has 1 aliphatic carbocycles. The van der Waals surface area contributed by atoms with Gasteiger partial charge in [-0.15, -0.1) is 0 Å². The maximum atomic E-state index is 7.32. The minimum atomic E-state index is 0.560. The summed E-state index contributed by atoms with van der Waals surface area (Å²) in [6, 6.07) is 1.75. The zero-order valence-corrected chi connectivity index (χ0v) is 14.7. The van der Waals surface area contributed by atoms with Crippen LogP contribution in [0, 0.1) is 23.2 Å². The molecule has 0 bridgehead atoms. The minimum absolute atomic E-state index is 0.560. The molecule has 1 saturated carbocycles. The summed E-state index contributed by atoms with van der Waals surface area (Å²) < 4.78 is 5.44. The minimum Gasteiger partial charge on any atom is -0.381 e. The smallest absolute Gasteiger partial charge is 0.0587 e. The first-order valence-corrected chi connectivity index (χ1v) is 8.56. The Balaban J connectivity index is 0. The SMILES string of the molecule is CC.CC#N.CCCC(CCC)C1CCC(OC)CC1. The number of nitrogens with zero attached hydrogens (tertiary/aromatic N) is 1. The Bertz CT molecular complexity index is 208. The van der Waals surface area contributed by atoms with E-state index in [0.717, 1.165) is 11.8 Å². The van der Waals surface area contributed by atoms with Gasteiger partial charge in [0.15, 0.2) is 0 Å². The van der Waals surface area contributed by atoms with Gasteiger partial charge in [0.2, 0.25) is 0 Å². The van der Waals surface area contributed by atoms with Crippen LogP contribution in [0.25, 0.3) is 0 Å². The number of methoxy groups -OCH3 is 1. The molecule has 0 atom stereocenters. The molecule has 120 valence electrons. The molecule has 0 aliphatic heterocycles. The predicted octanol–water partition coefficient (Wildman–Crippen LogP) is 5.96. The van der Waals surface area contributed by atoms with E-state index in [9.17, 15) is 0 Å². The quantitative estimate of drug-likeness (QED) is 0.602. The lowest BCUT2D eigenvalue weighted by atomic mass is 9.75. The maximum absolute atomic E-state index is 7.32. The molecule has 0 aromatic carbocycles. The van der Waals surface area contributed by atoms with Gasteiger partial charge in [-0.1, -0.05) is 53.4 Å². The van der Waals surface area contributed by atoms with E-state index in [4.69, 9.17) is 10.00 Å². The molecular weight excluding hydrogens is 246 g/mol. The summed E-state index contributed by atoms with van der Waals surface area (Å²) in [4.78, 5) is 0. The Hall–Kier alpha value is -0.550. The summed E-state index contributed by atoms with van der Waals surface area (Å²) in [6.07, 6.45) is 11.6. The lowest BCUT2D eigenvalue weighted by Crippen LogP contribution is -2.25. The van der Waals surface area contributed by atoms with Gasteiger partial charge in [0.25, 0.3) is 0 Å². The van der Waals surface area contributed by atoms with Crippen molar-refractivity contribution in [3.63, 3.8) is 0 Å². The molecule has 1 aliphatic rings. The monoisotopic (exact) mass is 283 g/mol. The number of nitriles is 1. The van der Waals surface area contributed by atoms with Crippen molar-refractivity contribution in [1.82, 2.24) is 0 Å². The van der Waals surface area contributed by atoms with Crippen molar-refractivity contribution < 1.29 is 4.74 Å². The lowest BCUT2D eigenvalue weighted by molar-refractivity contribution is 0.0442. The highest BCUT2D eigenvalue weighted by molar-refractivity contribution is 4.77. The highest BCUT2D eigenvalue weighted by Gasteiger charge is 2.26. The van der Waals surface area contributed by atoms with Gasteiger partial charge in [0, 0.05) is 14.0 Å². The highest BCUT2D eigenvalue weighted by Crippen LogP contribution is 2.35. The molecule has 0 saturated heterocycles. The molecule has 0 heterocycles. The van der Waals surface area contributed by atoms with Gasteiger partial charge in [-0.3, -0.25) is 0 Å². The average Bonchev–Trinajstić information content (AvgIpc) is 2.50. The second kappa shape index (κ2) is 16.5. The second-order valence-electron chi connectivity index (χ2n) is 5.33. The fourth-order valence-corrected chi connectivity index (χ4v) is 3.15. The van der Waals surface area contributed by atoms with Gasteiger partial charge in [-0.05, 0) is 37.5 Å². The van der Waals surface area contributed by atoms with Crippen LogP contribution in [0.4, 0.5) is 0 Å². The van der Waals surface area contributed by atoms with Crippen molar-refractivity contribution in [1.29, 1.82) is 5.26 Å². The van der Waals surface area contributed by atoms with Crippen molar-refractivity contribution in [2.75, 3.05) is 7.11 Å². The van der Waals surface area contributed by atoms with Crippen LogP contribution in [0.5, 0.6) is 0 Å². The van der Waals surface area contributed by atoms with Crippen LogP contribution >= 0.6 is 0 Å². The molecule has 0 N–H and O–H groups in total. The molecule has 2 heteroatoms. The first-order valence-electron chi connectivity index (χ1n) is 8.56. The predicted molar refractivity (Wildman–Crippen MR) is 88.7 cm³/mol. The van der Waals surface area contributed by atoms with Gasteiger partial charge in [0.1, 0.15) is 0 Å². The maximum Gasteiger partial charge on any atom is 0.0587 e. The van der Waals surface area contributed by atoms with E-state index in [2.05, 4.69) is 13.8 Å². The second-order valence-corrected chi connectivity index (χ2v) is 5.33. The van der Waals surface area contributed by atoms with Crippen LogP contribution < -0.4 is 0 Å². The lowest BCUT2D eigenvalue weighted by Gasteiger charge is -2.33. The van der Waals surface area contributed by atoms with E-state index < -0.39 is 0 Å². The Kier molecular flexibility index (Phi) is 17.9. The standard InChI is InChI=1S/C14H28O.C2H3N.C2H6/c1-4-6-12(7-5-2)13-8-10-14(15-3)11-9-13;1-2-3;1-2/h12-14H,4-11H2,1-3H3;1H3;1-2H3. The molecule has 0 aromatic heterocycles. The van der Waals surface area contributed by atoms with E-state index in [-0.39, 0.29) is 0 Å². The first kappa shape index (κ1) is 21.7. The normalized spacial score (nSPS) is 21.1. The molecule has 0 unspecified atom stereocenters. The number of hydrogen-bond acceptors (Lipinski definition) is 2. The van der Waals surface area contributed by atoms with Crippen molar-refractivity contribution in [3.8, 4) is 6.07 Å². The third kappa shape index (κ3) is 10.3. The third-order valence-electron chi connectivity index (χ3n) is 4.04. The summed E-state index contributed by atoms with van der Waals surface area (Å²) in [7, 11) is 1.86. The Morgan fingerprint density at radius 2 is 1.45 bits per heavy atom. The van der Waals surface area contributed by atoms with Crippen molar-refractivity contribution in [3.05, 3.63) is 0 Å². The zero-order valence-electron chi connectivity index (χ0n) is 14.7. The van der Waals surface area contributed by atoms with Crippen molar-refractivity contribution >= 4 is 0 Å². The van der Waals surface area contributed by atoms with Gasteiger partial charge in [0.05, 0.1) is 12.2 Å². The van der Waals surface area contributed by atoms with Crippen LogP contribution in [0.15, 0.2) is 0 Å². The molecule has 0 spiro atoms. The molecule has 0 radical (unpaired) electrons. The first-order chi connectivity index (χ1) is 9.73. The van der Waals surface area contributed by atoms with Gasteiger partial charge in [-0.2, -0.15) is 5.26 Å². The van der Waals surface area contributed by atoms with Crippen molar-refractivity contribution in [2.24, 2.45) is 11.8 Å². The van der Waals surface area contributed by atoms with Crippen LogP contribution in [-0.4, -0.2) is 13.2 Å². The summed E-state index contributed by atoms with van der Waals surface area (Å²) >= 11 is 0. The molecule has 2 nitrogen and oxygen atoms in total. The topological polar surface area (TPSA) is 33.0 Å². The molecule has 20 heavy (non-hydrogen) atoms. The summed E-state index contributed by atoms with van der Waals surface area (Å²) in [5.74, 6) is 1.99. The van der Waals surface area contributed by atoms with Crippen LogP contribution in [-0.2, 0) is 4.74 Å². The Morgan fingerprint density at radius 3 is 1.75 bits per heavy atom. The Labute approximate surface area is 127 Å². The van der Waals surface area contributed by atoms with Crippen LogP contribution in [0.3, 0.4) is 0 Å². The Morgan fingerprint density at radius 1 is 1.05 bits per heavy atom. The van der Waals surface area contributed by atoms with E-state index in [1.807, 2.05) is 21.0 Å². The average molecular weight is 284 g/mol. The summed E-state index contributed by atoms with van der Waals surface area (Å²) in [5, 5.41) is 7.32. The van der Waals surface area contributed by atoms with E-state index in [1.165, 1.54) is 58.3 Å². The number of hydrogen-bond donors (Lipinski definition) is 0. The van der Waals surface area contributed by atoms with E-state index in [1.54, 1.807) is 6.07 Å². The van der Waals surface area contributed by atoms with Crippen LogP contribution in [0.2, 0.25) is 0 Å².